The highest BCUT2D eigenvalue weighted by Crippen LogP contribution is 2.24. The number of hydrogen-bond acceptors (Lipinski definition) is 5. The van der Waals surface area contributed by atoms with E-state index >= 15 is 0 Å². The van der Waals surface area contributed by atoms with E-state index in [0.29, 0.717) is 11.4 Å². The molecular weight excluding hydrogens is 374 g/mol. The smallest absolute Gasteiger partial charge is 0.343 e. The summed E-state index contributed by atoms with van der Waals surface area (Å²) in [5.74, 6) is -0.993. The number of ether oxygens (including phenoxy) is 1. The lowest BCUT2D eigenvalue weighted by molar-refractivity contribution is -0.907. The molecule has 4 amide bonds. The van der Waals surface area contributed by atoms with Gasteiger partial charge in [-0.1, -0.05) is 0 Å². The number of H-pyrrole nitrogens is 1. The molecule has 9 nitrogen and oxygen atoms in total. The molecule has 4 rings (SSSR count). The van der Waals surface area contributed by atoms with Gasteiger partial charge in [-0.15, -0.1) is 0 Å². The molecule has 0 saturated carbocycles. The Bertz CT molecular complexity index is 910. The van der Waals surface area contributed by atoms with Crippen molar-refractivity contribution in [2.45, 2.75) is 0 Å². The van der Waals surface area contributed by atoms with E-state index in [2.05, 4.69) is 9.88 Å². The van der Waals surface area contributed by atoms with Crippen LogP contribution in [0.4, 0.5) is 16.2 Å². The number of anilines is 2. The van der Waals surface area contributed by atoms with E-state index in [1.165, 1.54) is 7.11 Å². The zero-order valence-corrected chi connectivity index (χ0v) is 16.1. The van der Waals surface area contributed by atoms with Crippen LogP contribution >= 0.6 is 0 Å². The van der Waals surface area contributed by atoms with E-state index in [4.69, 9.17) is 4.74 Å². The second-order valence-electron chi connectivity index (χ2n) is 7.01. The Kier molecular flexibility index (Phi) is 5.13. The summed E-state index contributed by atoms with van der Waals surface area (Å²) < 4.78 is 5.09. The molecule has 1 aromatic heterocycles. The Morgan fingerprint density at radius 1 is 0.931 bits per heavy atom. The Labute approximate surface area is 168 Å². The van der Waals surface area contributed by atoms with E-state index in [-0.39, 0.29) is 6.67 Å². The quantitative estimate of drug-likeness (QED) is 0.525. The maximum Gasteiger partial charge on any atom is 0.343 e. The Morgan fingerprint density at radius 3 is 2.21 bits per heavy atom. The van der Waals surface area contributed by atoms with E-state index in [0.717, 1.165) is 46.6 Å². The third-order valence-corrected chi connectivity index (χ3v) is 5.30. The summed E-state index contributed by atoms with van der Waals surface area (Å²) in [4.78, 5) is 46.0. The molecule has 2 saturated heterocycles. The van der Waals surface area contributed by atoms with Gasteiger partial charge in [0.1, 0.15) is 5.75 Å². The number of nitrogens with one attached hydrogen (secondary N) is 2. The lowest BCUT2D eigenvalue weighted by atomic mass is 10.3. The van der Waals surface area contributed by atoms with Gasteiger partial charge in [-0.3, -0.25) is 9.59 Å². The number of rotatable bonds is 5. The van der Waals surface area contributed by atoms with Crippen LogP contribution in [0, 0.1) is 0 Å². The maximum absolute atomic E-state index is 12.8. The van der Waals surface area contributed by atoms with Crippen molar-refractivity contribution in [1.29, 1.82) is 0 Å². The number of pyridine rings is 1. The zero-order valence-electron chi connectivity index (χ0n) is 16.1. The number of aromatic nitrogens is 1. The standard InChI is InChI=1S/C20H21N5O4/c1-29-17-4-2-16(3-5-17)25-19(27)18(26)24(20(25)28)14-22-10-12-23(13-11-22)15-6-8-21-9-7-15/h2-9H,10-14H2,1H3/p+2. The summed E-state index contributed by atoms with van der Waals surface area (Å²) >= 11 is 0. The van der Waals surface area contributed by atoms with Crippen LogP contribution in [0.25, 0.3) is 0 Å². The number of quaternary nitrogens is 1. The number of urea groups is 1. The summed E-state index contributed by atoms with van der Waals surface area (Å²) in [6.07, 6.45) is 3.77. The molecular formula is C20H23N5O4+2. The van der Waals surface area contributed by atoms with Gasteiger partial charge in [0.25, 0.3) is 0 Å². The summed E-state index contributed by atoms with van der Waals surface area (Å²) in [6.45, 7) is 3.35. The first-order chi connectivity index (χ1) is 14.1. The predicted molar refractivity (Wildman–Crippen MR) is 103 cm³/mol. The summed E-state index contributed by atoms with van der Waals surface area (Å²) in [5.41, 5.74) is 1.49. The number of imide groups is 2. The van der Waals surface area contributed by atoms with Gasteiger partial charge in [-0.25, -0.2) is 19.6 Å². The minimum Gasteiger partial charge on any atom is -0.497 e. The molecule has 150 valence electrons. The molecule has 0 unspecified atom stereocenters. The monoisotopic (exact) mass is 397 g/mol. The molecule has 0 atom stereocenters. The van der Waals surface area contributed by atoms with E-state index in [1.807, 2.05) is 24.5 Å². The van der Waals surface area contributed by atoms with Crippen LogP contribution in [0.5, 0.6) is 5.75 Å². The second kappa shape index (κ2) is 7.88. The number of aromatic amines is 1. The predicted octanol–water partition coefficient (Wildman–Crippen LogP) is -0.833. The molecule has 2 fully saturated rings. The van der Waals surface area contributed by atoms with E-state index in [1.54, 1.807) is 24.3 Å². The van der Waals surface area contributed by atoms with Gasteiger partial charge in [0.15, 0.2) is 19.1 Å². The number of amides is 4. The highest BCUT2D eigenvalue weighted by Gasteiger charge is 2.47. The fourth-order valence-electron chi connectivity index (χ4n) is 3.66. The number of piperazine rings is 1. The van der Waals surface area contributed by atoms with E-state index in [9.17, 15) is 14.4 Å². The SMILES string of the molecule is COc1ccc(N2C(=O)C(=O)N(C[NH+]3CCN(c4cc[nH+]cc4)CC3)C2=O)cc1. The lowest BCUT2D eigenvalue weighted by Gasteiger charge is -2.34. The fraction of sp³-hybridized carbons (Fsp3) is 0.300. The fourth-order valence-corrected chi connectivity index (χ4v) is 3.66. The van der Waals surface area contributed by atoms with Crippen molar-refractivity contribution in [2.75, 3.05) is 49.8 Å². The van der Waals surface area contributed by atoms with Gasteiger partial charge in [-0.2, -0.15) is 0 Å². The number of carbonyl (C=O) groups is 3. The van der Waals surface area contributed by atoms with Crippen molar-refractivity contribution in [1.82, 2.24) is 4.90 Å². The number of carbonyl (C=O) groups excluding carboxylic acids is 3. The molecule has 29 heavy (non-hydrogen) atoms. The molecule has 3 heterocycles. The number of methoxy groups -OCH3 is 1. The molecule has 9 heteroatoms. The number of benzene rings is 1. The Morgan fingerprint density at radius 2 is 1.59 bits per heavy atom. The topological polar surface area (TPSA) is 88.7 Å². The first-order valence-corrected chi connectivity index (χ1v) is 9.47. The Balaban J connectivity index is 1.41. The minimum absolute atomic E-state index is 0.187. The van der Waals surface area contributed by atoms with Gasteiger partial charge in [0, 0.05) is 17.8 Å². The Hall–Kier alpha value is -3.46. The molecule has 0 bridgehead atoms. The van der Waals surface area contributed by atoms with Crippen molar-refractivity contribution in [3.63, 3.8) is 0 Å². The minimum atomic E-state index is -0.821. The molecule has 0 spiro atoms. The molecule has 2 aliphatic rings. The second-order valence-corrected chi connectivity index (χ2v) is 7.01. The summed E-state index contributed by atoms with van der Waals surface area (Å²) in [6, 6.07) is 9.92. The number of nitrogens with zero attached hydrogens (tertiary/aromatic N) is 3. The largest absolute Gasteiger partial charge is 0.497 e. The van der Waals surface area contributed by atoms with Gasteiger partial charge in [0.05, 0.1) is 39.0 Å². The van der Waals surface area contributed by atoms with Gasteiger partial charge >= 0.3 is 17.8 Å². The van der Waals surface area contributed by atoms with Crippen LogP contribution in [0.2, 0.25) is 0 Å². The molecule has 2 aromatic rings. The summed E-state index contributed by atoms with van der Waals surface area (Å²) in [7, 11) is 1.53. The van der Waals surface area contributed by atoms with Crippen LogP contribution < -0.4 is 24.4 Å². The third-order valence-electron chi connectivity index (χ3n) is 5.30. The van der Waals surface area contributed by atoms with Crippen LogP contribution in [0.15, 0.2) is 48.8 Å². The van der Waals surface area contributed by atoms with E-state index < -0.39 is 17.8 Å². The first kappa shape index (κ1) is 18.9. The van der Waals surface area contributed by atoms with Crippen molar-refractivity contribution in [2.24, 2.45) is 0 Å². The van der Waals surface area contributed by atoms with Crippen LogP contribution in [0.3, 0.4) is 0 Å². The maximum atomic E-state index is 12.8. The average Bonchev–Trinajstić information content (AvgIpc) is 2.98. The van der Waals surface area contributed by atoms with Crippen LogP contribution in [-0.2, 0) is 9.59 Å². The van der Waals surface area contributed by atoms with Crippen molar-refractivity contribution >= 4 is 29.2 Å². The van der Waals surface area contributed by atoms with Crippen LogP contribution in [0.1, 0.15) is 0 Å². The highest BCUT2D eigenvalue weighted by atomic mass is 16.5. The van der Waals surface area contributed by atoms with Crippen molar-refractivity contribution < 1.29 is 29.0 Å². The van der Waals surface area contributed by atoms with Gasteiger partial charge in [0.2, 0.25) is 0 Å². The van der Waals surface area contributed by atoms with Crippen molar-refractivity contribution in [3.8, 4) is 5.75 Å². The molecule has 2 aliphatic heterocycles. The third kappa shape index (κ3) is 3.64. The van der Waals surface area contributed by atoms with Crippen molar-refractivity contribution in [3.05, 3.63) is 48.8 Å². The first-order valence-electron chi connectivity index (χ1n) is 9.47. The zero-order chi connectivity index (χ0) is 20.4. The average molecular weight is 397 g/mol. The molecule has 0 radical (unpaired) electrons. The lowest BCUT2D eigenvalue weighted by Crippen LogP contribution is -3.16. The molecule has 1 aromatic carbocycles. The van der Waals surface area contributed by atoms with Gasteiger partial charge < -0.3 is 14.5 Å². The van der Waals surface area contributed by atoms with Gasteiger partial charge in [-0.05, 0) is 24.3 Å². The highest BCUT2D eigenvalue weighted by molar-refractivity contribution is 6.52. The van der Waals surface area contributed by atoms with Crippen LogP contribution in [-0.4, -0.2) is 62.7 Å². The number of hydrogen-bond donors (Lipinski definition) is 1. The summed E-state index contributed by atoms with van der Waals surface area (Å²) in [5, 5.41) is 0. The molecule has 2 N–H and O–H groups in total. The molecule has 0 aliphatic carbocycles. The normalized spacial score (nSPS) is 18.0.